The maximum atomic E-state index is 12.0. The van der Waals surface area contributed by atoms with Crippen LogP contribution in [-0.2, 0) is 11.3 Å². The molecule has 126 valence electrons. The Morgan fingerprint density at radius 1 is 1.08 bits per heavy atom. The molecule has 0 unspecified atom stereocenters. The quantitative estimate of drug-likeness (QED) is 0.753. The molecule has 0 saturated heterocycles. The van der Waals surface area contributed by atoms with E-state index in [0.29, 0.717) is 12.3 Å². The van der Waals surface area contributed by atoms with Gasteiger partial charge in [0.05, 0.1) is 5.69 Å². The smallest absolute Gasteiger partial charge is 0.258 e. The molecule has 3 rings (SSSR count). The summed E-state index contributed by atoms with van der Waals surface area (Å²) in [4.78, 5) is 20.3. The lowest BCUT2D eigenvalue weighted by Crippen LogP contribution is -2.28. The summed E-state index contributed by atoms with van der Waals surface area (Å²) in [5, 5.41) is 2.86. The topological polar surface area (TPSA) is 64.1 Å². The van der Waals surface area contributed by atoms with Crippen molar-refractivity contribution in [3.05, 3.63) is 78.2 Å². The molecular weight excluding hydrogens is 314 g/mol. The standard InChI is InChI=1S/C20H19N3O2/c1-15-3-2-4-18(11-15)25-14-20(24)23-13-16-5-10-22-19(12-16)17-6-8-21-9-7-17/h2-12H,13-14H2,1H3,(H,23,24). The monoisotopic (exact) mass is 333 g/mol. The highest BCUT2D eigenvalue weighted by Crippen LogP contribution is 2.16. The van der Waals surface area contributed by atoms with Gasteiger partial charge in [0.1, 0.15) is 5.75 Å². The van der Waals surface area contributed by atoms with E-state index in [4.69, 9.17) is 4.74 Å². The number of rotatable bonds is 6. The second kappa shape index (κ2) is 8.06. The molecule has 1 amide bonds. The van der Waals surface area contributed by atoms with Crippen LogP contribution < -0.4 is 10.1 Å². The van der Waals surface area contributed by atoms with Gasteiger partial charge in [-0.05, 0) is 54.4 Å². The summed E-state index contributed by atoms with van der Waals surface area (Å²) in [7, 11) is 0. The molecule has 0 radical (unpaired) electrons. The molecule has 1 aromatic carbocycles. The Balaban J connectivity index is 1.54. The van der Waals surface area contributed by atoms with Gasteiger partial charge in [-0.1, -0.05) is 12.1 Å². The number of nitrogens with zero attached hydrogens (tertiary/aromatic N) is 2. The summed E-state index contributed by atoms with van der Waals surface area (Å²) in [5.41, 5.74) is 3.92. The Bertz CT molecular complexity index is 850. The van der Waals surface area contributed by atoms with Crippen molar-refractivity contribution in [3.63, 3.8) is 0 Å². The number of hydrogen-bond acceptors (Lipinski definition) is 4. The van der Waals surface area contributed by atoms with Gasteiger partial charge in [-0.15, -0.1) is 0 Å². The minimum atomic E-state index is -0.163. The van der Waals surface area contributed by atoms with Crippen LogP contribution in [0.4, 0.5) is 0 Å². The fourth-order valence-corrected chi connectivity index (χ4v) is 2.37. The fraction of sp³-hybridized carbons (Fsp3) is 0.150. The van der Waals surface area contributed by atoms with Crippen LogP contribution >= 0.6 is 0 Å². The normalized spacial score (nSPS) is 10.3. The molecule has 3 aromatic rings. The van der Waals surface area contributed by atoms with Crippen molar-refractivity contribution in [2.45, 2.75) is 13.5 Å². The van der Waals surface area contributed by atoms with E-state index in [9.17, 15) is 4.79 Å². The van der Waals surface area contributed by atoms with Crippen molar-refractivity contribution >= 4 is 5.91 Å². The highest BCUT2D eigenvalue weighted by Gasteiger charge is 2.05. The molecule has 0 fully saturated rings. The number of carbonyl (C=O) groups excluding carboxylic acids is 1. The van der Waals surface area contributed by atoms with Crippen molar-refractivity contribution in [3.8, 4) is 17.0 Å². The largest absolute Gasteiger partial charge is 0.484 e. The van der Waals surface area contributed by atoms with Crippen LogP contribution in [0.15, 0.2) is 67.1 Å². The Morgan fingerprint density at radius 2 is 1.92 bits per heavy atom. The first-order valence-corrected chi connectivity index (χ1v) is 8.02. The van der Waals surface area contributed by atoms with Crippen LogP contribution in [0.3, 0.4) is 0 Å². The Hall–Kier alpha value is -3.21. The van der Waals surface area contributed by atoms with Gasteiger partial charge < -0.3 is 10.1 Å². The molecule has 5 nitrogen and oxygen atoms in total. The van der Waals surface area contributed by atoms with E-state index < -0.39 is 0 Å². The first-order chi connectivity index (χ1) is 12.2. The van der Waals surface area contributed by atoms with Gasteiger partial charge in [-0.25, -0.2) is 0 Å². The number of pyridine rings is 2. The van der Waals surface area contributed by atoms with E-state index >= 15 is 0 Å². The summed E-state index contributed by atoms with van der Waals surface area (Å²) in [6.45, 7) is 2.40. The predicted octanol–water partition coefficient (Wildman–Crippen LogP) is 3.15. The summed E-state index contributed by atoms with van der Waals surface area (Å²) in [6, 6.07) is 15.3. The highest BCUT2D eigenvalue weighted by atomic mass is 16.5. The van der Waals surface area contributed by atoms with E-state index in [1.165, 1.54) is 0 Å². The first-order valence-electron chi connectivity index (χ1n) is 8.02. The number of hydrogen-bond donors (Lipinski definition) is 1. The van der Waals surface area contributed by atoms with Crippen molar-refractivity contribution < 1.29 is 9.53 Å². The van der Waals surface area contributed by atoms with Crippen LogP contribution in [-0.4, -0.2) is 22.5 Å². The number of amides is 1. The highest BCUT2D eigenvalue weighted by molar-refractivity contribution is 5.77. The molecule has 0 bridgehead atoms. The summed E-state index contributed by atoms with van der Waals surface area (Å²) < 4.78 is 5.50. The number of aromatic nitrogens is 2. The van der Waals surface area contributed by atoms with Gasteiger partial charge in [0.25, 0.3) is 5.91 Å². The molecule has 1 N–H and O–H groups in total. The van der Waals surface area contributed by atoms with Crippen molar-refractivity contribution in [1.82, 2.24) is 15.3 Å². The maximum Gasteiger partial charge on any atom is 0.258 e. The van der Waals surface area contributed by atoms with Crippen molar-refractivity contribution in [1.29, 1.82) is 0 Å². The SMILES string of the molecule is Cc1cccc(OCC(=O)NCc2ccnc(-c3ccncc3)c2)c1. The van der Waals surface area contributed by atoms with Crippen LogP contribution in [0, 0.1) is 6.92 Å². The average molecular weight is 333 g/mol. The summed E-state index contributed by atoms with van der Waals surface area (Å²) in [6.07, 6.45) is 5.20. The van der Waals surface area contributed by atoms with E-state index in [2.05, 4.69) is 15.3 Å². The second-order valence-electron chi connectivity index (χ2n) is 5.67. The van der Waals surface area contributed by atoms with E-state index in [0.717, 1.165) is 22.4 Å². The lowest BCUT2D eigenvalue weighted by atomic mass is 10.1. The Morgan fingerprint density at radius 3 is 2.72 bits per heavy atom. The zero-order valence-electron chi connectivity index (χ0n) is 14.0. The van der Waals surface area contributed by atoms with E-state index in [1.807, 2.05) is 55.5 Å². The van der Waals surface area contributed by atoms with Gasteiger partial charge in [0, 0.05) is 30.7 Å². The molecule has 0 aliphatic carbocycles. The summed E-state index contributed by atoms with van der Waals surface area (Å²) in [5.74, 6) is 0.530. The third kappa shape index (κ3) is 4.88. The molecule has 0 atom stereocenters. The molecule has 2 heterocycles. The third-order valence-corrected chi connectivity index (χ3v) is 3.65. The molecule has 0 aliphatic rings. The fourth-order valence-electron chi connectivity index (χ4n) is 2.37. The summed E-state index contributed by atoms with van der Waals surface area (Å²) >= 11 is 0. The van der Waals surface area contributed by atoms with Gasteiger partial charge in [0.2, 0.25) is 0 Å². The van der Waals surface area contributed by atoms with Gasteiger partial charge in [0.15, 0.2) is 6.61 Å². The minimum Gasteiger partial charge on any atom is -0.484 e. The lowest BCUT2D eigenvalue weighted by molar-refractivity contribution is -0.123. The van der Waals surface area contributed by atoms with Gasteiger partial charge >= 0.3 is 0 Å². The van der Waals surface area contributed by atoms with Gasteiger partial charge in [-0.2, -0.15) is 0 Å². The van der Waals surface area contributed by atoms with Crippen molar-refractivity contribution in [2.24, 2.45) is 0 Å². The van der Waals surface area contributed by atoms with Crippen LogP contribution in [0.25, 0.3) is 11.3 Å². The third-order valence-electron chi connectivity index (χ3n) is 3.65. The number of nitrogens with one attached hydrogen (secondary N) is 1. The molecule has 0 spiro atoms. The maximum absolute atomic E-state index is 12.0. The molecule has 25 heavy (non-hydrogen) atoms. The molecule has 2 aromatic heterocycles. The predicted molar refractivity (Wildman–Crippen MR) is 96.0 cm³/mol. The number of ether oxygens (including phenoxy) is 1. The minimum absolute atomic E-state index is 0.00819. The Kier molecular flexibility index (Phi) is 5.36. The molecule has 0 aliphatic heterocycles. The second-order valence-corrected chi connectivity index (χ2v) is 5.67. The van der Waals surface area contributed by atoms with E-state index in [-0.39, 0.29) is 12.5 Å². The zero-order chi connectivity index (χ0) is 17.5. The number of carbonyl (C=O) groups is 1. The zero-order valence-corrected chi connectivity index (χ0v) is 14.0. The van der Waals surface area contributed by atoms with Crippen molar-refractivity contribution in [2.75, 3.05) is 6.61 Å². The van der Waals surface area contributed by atoms with Crippen LogP contribution in [0.5, 0.6) is 5.75 Å². The Labute approximate surface area is 146 Å². The van der Waals surface area contributed by atoms with Crippen LogP contribution in [0.2, 0.25) is 0 Å². The molecule has 5 heteroatoms. The van der Waals surface area contributed by atoms with E-state index in [1.54, 1.807) is 18.6 Å². The first kappa shape index (κ1) is 16.6. The average Bonchev–Trinajstić information content (AvgIpc) is 2.66. The van der Waals surface area contributed by atoms with Gasteiger partial charge in [-0.3, -0.25) is 14.8 Å². The lowest BCUT2D eigenvalue weighted by Gasteiger charge is -2.09. The number of aryl methyl sites for hydroxylation is 1. The molecule has 0 saturated carbocycles. The van der Waals surface area contributed by atoms with Crippen LogP contribution in [0.1, 0.15) is 11.1 Å². The number of benzene rings is 1. The molecular formula is C20H19N3O2.